The smallest absolute Gasteiger partial charge is 0.146 e. The average molecular weight is 463 g/mol. The van der Waals surface area contributed by atoms with Gasteiger partial charge < -0.3 is 0 Å². The number of hydrogen-bond acceptors (Lipinski definition) is 0. The van der Waals surface area contributed by atoms with Gasteiger partial charge in [-0.05, 0) is 59.2 Å². The van der Waals surface area contributed by atoms with E-state index in [2.05, 4.69) is 43.0 Å². The lowest BCUT2D eigenvalue weighted by Crippen LogP contribution is -1.89. The fourth-order valence-corrected chi connectivity index (χ4v) is 3.89. The van der Waals surface area contributed by atoms with E-state index in [1.54, 1.807) is 18.2 Å². The molecule has 4 heteroatoms. The van der Waals surface area contributed by atoms with E-state index >= 15 is 4.39 Å². The molecule has 0 bridgehead atoms. The molecule has 0 N–H and O–H groups in total. The minimum Gasteiger partial charge on any atom is -0.205 e. The van der Waals surface area contributed by atoms with Crippen LogP contribution in [0.25, 0.3) is 21.9 Å². The molecule has 4 aromatic carbocycles. The van der Waals surface area contributed by atoms with Crippen molar-refractivity contribution in [1.82, 2.24) is 0 Å². The molecule has 0 aliphatic heterocycles. The first kappa shape index (κ1) is 23.0. The molecule has 0 fully saturated rings. The van der Waals surface area contributed by atoms with Crippen LogP contribution in [0.15, 0.2) is 66.7 Å². The van der Waals surface area contributed by atoms with Gasteiger partial charge in [0.2, 0.25) is 0 Å². The maximum atomic E-state index is 15.1. The molecule has 0 atom stereocenters. The highest BCUT2D eigenvalue weighted by Crippen LogP contribution is 2.28. The fraction of sp³-hybridized carbons (Fsp3) is 0.172. The Morgan fingerprint density at radius 2 is 1.45 bits per heavy atom. The molecule has 0 amide bonds. The second-order valence-electron chi connectivity index (χ2n) is 8.02. The van der Waals surface area contributed by atoms with Crippen LogP contribution in [0.4, 0.5) is 13.2 Å². The van der Waals surface area contributed by atoms with Crippen LogP contribution < -0.4 is 0 Å². The summed E-state index contributed by atoms with van der Waals surface area (Å²) in [5.41, 5.74) is 3.65. The lowest BCUT2D eigenvalue weighted by Gasteiger charge is -2.08. The number of unbranched alkanes of at least 4 members (excludes halogenated alkanes) is 2. The van der Waals surface area contributed by atoms with Gasteiger partial charge in [-0.3, -0.25) is 0 Å². The minimum absolute atomic E-state index is 0.0855. The van der Waals surface area contributed by atoms with E-state index in [0.717, 1.165) is 35.1 Å². The molecular weight excluding hydrogens is 441 g/mol. The summed E-state index contributed by atoms with van der Waals surface area (Å²) in [7, 11) is 0. The Hall–Kier alpha value is -3.22. The number of benzene rings is 4. The third-order valence-electron chi connectivity index (χ3n) is 5.64. The van der Waals surface area contributed by atoms with Crippen LogP contribution in [0, 0.1) is 29.3 Å². The zero-order valence-electron chi connectivity index (χ0n) is 18.2. The topological polar surface area (TPSA) is 0 Å². The van der Waals surface area contributed by atoms with Crippen molar-refractivity contribution in [2.75, 3.05) is 0 Å². The summed E-state index contributed by atoms with van der Waals surface area (Å²) in [6.45, 7) is 2.20. The van der Waals surface area contributed by atoms with E-state index in [9.17, 15) is 8.78 Å². The minimum atomic E-state index is -0.901. The SMILES string of the molecule is CCCCCc1ccc(-c2ccc3c(F)c(C#Cc4cc(F)c(Cl)c(F)c4)ccc3c2)cc1. The molecule has 33 heavy (non-hydrogen) atoms. The van der Waals surface area contributed by atoms with Crippen LogP contribution in [0.1, 0.15) is 42.9 Å². The Bertz CT molecular complexity index is 1340. The summed E-state index contributed by atoms with van der Waals surface area (Å²) in [5.74, 6) is 3.01. The van der Waals surface area contributed by atoms with Gasteiger partial charge >= 0.3 is 0 Å². The standard InChI is InChI=1S/C29H22ClF3/c1-2-3-4-5-19-6-9-21(10-7-19)23-14-15-25-24(18-23)13-12-22(29(25)33)11-8-20-16-26(31)28(30)27(32)17-20/h6-7,9-10,12-18H,2-5H2,1H3. The lowest BCUT2D eigenvalue weighted by atomic mass is 9.98. The molecule has 0 aromatic heterocycles. The highest BCUT2D eigenvalue weighted by molar-refractivity contribution is 6.30. The molecular formula is C29H22ClF3. The van der Waals surface area contributed by atoms with E-state index in [1.807, 2.05) is 12.1 Å². The normalized spacial score (nSPS) is 10.8. The number of hydrogen-bond donors (Lipinski definition) is 0. The lowest BCUT2D eigenvalue weighted by molar-refractivity contribution is 0.583. The van der Waals surface area contributed by atoms with Crippen molar-refractivity contribution in [3.05, 3.63) is 106 Å². The number of aryl methyl sites for hydroxylation is 1. The summed E-state index contributed by atoms with van der Waals surface area (Å²) in [6.07, 6.45) is 4.71. The van der Waals surface area contributed by atoms with Crippen molar-refractivity contribution in [3.63, 3.8) is 0 Å². The molecule has 0 aliphatic rings. The average Bonchev–Trinajstić information content (AvgIpc) is 2.82. The summed E-state index contributed by atoms with van der Waals surface area (Å²) >= 11 is 5.49. The van der Waals surface area contributed by atoms with Crippen molar-refractivity contribution in [3.8, 4) is 23.0 Å². The summed E-state index contributed by atoms with van der Waals surface area (Å²) in [6, 6.07) is 19.5. The molecule has 0 heterocycles. The Labute approximate surface area is 197 Å². The first-order valence-corrected chi connectivity index (χ1v) is 11.3. The molecule has 4 aromatic rings. The van der Waals surface area contributed by atoms with Crippen LogP contribution >= 0.6 is 11.6 Å². The van der Waals surface area contributed by atoms with Crippen molar-refractivity contribution in [2.24, 2.45) is 0 Å². The second kappa shape index (κ2) is 10.1. The molecule has 4 rings (SSSR count). The monoisotopic (exact) mass is 462 g/mol. The predicted octanol–water partition coefficient (Wildman–Crippen LogP) is 8.71. The first-order chi connectivity index (χ1) is 16.0. The molecule has 0 unspecified atom stereocenters. The third-order valence-corrected chi connectivity index (χ3v) is 6.00. The quantitative estimate of drug-likeness (QED) is 0.158. The number of fused-ring (bicyclic) bond motifs is 1. The number of halogens is 4. The molecule has 0 saturated carbocycles. The van der Waals surface area contributed by atoms with Gasteiger partial charge in [0, 0.05) is 10.9 Å². The Morgan fingerprint density at radius 3 is 2.15 bits per heavy atom. The fourth-order valence-electron chi connectivity index (χ4n) is 3.78. The van der Waals surface area contributed by atoms with Gasteiger partial charge in [-0.2, -0.15) is 0 Å². The van der Waals surface area contributed by atoms with Gasteiger partial charge in [-0.15, -0.1) is 0 Å². The molecule has 0 radical (unpaired) electrons. The zero-order chi connectivity index (χ0) is 23.4. The Morgan fingerprint density at radius 1 is 0.758 bits per heavy atom. The van der Waals surface area contributed by atoms with E-state index in [1.165, 1.54) is 24.8 Å². The van der Waals surface area contributed by atoms with Crippen molar-refractivity contribution in [1.29, 1.82) is 0 Å². The highest BCUT2D eigenvalue weighted by atomic mass is 35.5. The molecule has 0 spiro atoms. The van der Waals surface area contributed by atoms with Crippen molar-refractivity contribution in [2.45, 2.75) is 32.6 Å². The van der Waals surface area contributed by atoms with Gasteiger partial charge in [0.05, 0.1) is 5.56 Å². The largest absolute Gasteiger partial charge is 0.205 e. The zero-order valence-corrected chi connectivity index (χ0v) is 18.9. The van der Waals surface area contributed by atoms with Gasteiger partial charge in [-0.25, -0.2) is 13.2 Å². The third kappa shape index (κ3) is 5.24. The Kier molecular flexibility index (Phi) is 7.06. The predicted molar refractivity (Wildman–Crippen MR) is 130 cm³/mol. The van der Waals surface area contributed by atoms with Crippen LogP contribution in [0.5, 0.6) is 0 Å². The van der Waals surface area contributed by atoms with E-state index in [0.29, 0.717) is 5.39 Å². The van der Waals surface area contributed by atoms with E-state index in [4.69, 9.17) is 11.6 Å². The van der Waals surface area contributed by atoms with Gasteiger partial charge in [-0.1, -0.05) is 85.7 Å². The van der Waals surface area contributed by atoms with Gasteiger partial charge in [0.15, 0.2) is 0 Å². The summed E-state index contributed by atoms with van der Waals surface area (Å²) in [4.78, 5) is 0. The summed E-state index contributed by atoms with van der Waals surface area (Å²) < 4.78 is 42.3. The first-order valence-electron chi connectivity index (χ1n) is 10.9. The maximum Gasteiger partial charge on any atom is 0.146 e. The molecule has 0 saturated heterocycles. The van der Waals surface area contributed by atoms with Crippen molar-refractivity contribution < 1.29 is 13.2 Å². The maximum absolute atomic E-state index is 15.1. The number of rotatable bonds is 5. The highest BCUT2D eigenvalue weighted by Gasteiger charge is 2.09. The van der Waals surface area contributed by atoms with E-state index < -0.39 is 22.5 Å². The molecule has 0 aliphatic carbocycles. The van der Waals surface area contributed by atoms with Crippen LogP contribution in [-0.4, -0.2) is 0 Å². The van der Waals surface area contributed by atoms with Crippen LogP contribution in [0.3, 0.4) is 0 Å². The van der Waals surface area contributed by atoms with Gasteiger partial charge in [0.1, 0.15) is 22.5 Å². The second-order valence-corrected chi connectivity index (χ2v) is 8.40. The van der Waals surface area contributed by atoms with Crippen molar-refractivity contribution >= 4 is 22.4 Å². The molecule has 166 valence electrons. The van der Waals surface area contributed by atoms with Gasteiger partial charge in [0.25, 0.3) is 0 Å². The molecule has 0 nitrogen and oxygen atoms in total. The van der Waals surface area contributed by atoms with Crippen LogP contribution in [0.2, 0.25) is 5.02 Å². The van der Waals surface area contributed by atoms with E-state index in [-0.39, 0.29) is 11.1 Å². The van der Waals surface area contributed by atoms with Crippen LogP contribution in [-0.2, 0) is 6.42 Å². The summed E-state index contributed by atoms with van der Waals surface area (Å²) in [5, 5.41) is 0.612. The Balaban J connectivity index is 1.60.